The zero-order valence-electron chi connectivity index (χ0n) is 15.5. The Hall–Kier alpha value is -1.07. The number of benzene rings is 1. The van der Waals surface area contributed by atoms with E-state index in [0.717, 1.165) is 48.3 Å². The summed E-state index contributed by atoms with van der Waals surface area (Å²) in [6.45, 7) is 0.514. The van der Waals surface area contributed by atoms with Crippen molar-refractivity contribution < 1.29 is 9.26 Å². The molecule has 0 N–H and O–H groups in total. The molecule has 1 aromatic carbocycles. The summed E-state index contributed by atoms with van der Waals surface area (Å²) in [5.74, 6) is 1.41. The molecule has 3 aliphatic rings. The molecular formula is C21H24Cl2N2O2. The van der Waals surface area contributed by atoms with Gasteiger partial charge < -0.3 is 14.2 Å². The first kappa shape index (κ1) is 18.0. The van der Waals surface area contributed by atoms with Crippen molar-refractivity contribution in [3.05, 3.63) is 39.6 Å². The molecule has 27 heavy (non-hydrogen) atoms. The molecule has 3 fully saturated rings. The standard InChI is InChI=1S/C21H24Cl2N2O2/c1-25-13-7-8-14(25)10-15(9-13)26-11-16-20(24-27-21(16)12-5-6-12)19-17(22)3-2-4-18(19)23/h2-4,12-15H,5-11H2,1H3/t13-,14+,15+. The summed E-state index contributed by atoms with van der Waals surface area (Å²) in [4.78, 5) is 2.53. The normalized spacial score (nSPS) is 28.0. The third-order valence-corrected chi connectivity index (χ3v) is 7.11. The topological polar surface area (TPSA) is 38.5 Å². The molecule has 0 spiro atoms. The number of ether oxygens (including phenoxy) is 1. The van der Waals surface area contributed by atoms with Gasteiger partial charge in [-0.15, -0.1) is 0 Å². The maximum Gasteiger partial charge on any atom is 0.145 e. The van der Waals surface area contributed by atoms with Crippen LogP contribution in [-0.2, 0) is 11.3 Å². The number of halogens is 2. The molecule has 144 valence electrons. The van der Waals surface area contributed by atoms with Gasteiger partial charge in [-0.1, -0.05) is 34.4 Å². The number of rotatable bonds is 5. The van der Waals surface area contributed by atoms with Crippen molar-refractivity contribution >= 4 is 23.2 Å². The van der Waals surface area contributed by atoms with Gasteiger partial charge in [-0.2, -0.15) is 0 Å². The van der Waals surface area contributed by atoms with Gasteiger partial charge in [0.2, 0.25) is 0 Å². The van der Waals surface area contributed by atoms with Crippen molar-refractivity contribution in [1.82, 2.24) is 10.1 Å². The lowest BCUT2D eigenvalue weighted by molar-refractivity contribution is -0.0214. The highest BCUT2D eigenvalue weighted by Crippen LogP contribution is 2.46. The zero-order chi connectivity index (χ0) is 18.5. The fourth-order valence-electron chi connectivity index (χ4n) is 4.75. The fourth-order valence-corrected chi connectivity index (χ4v) is 5.32. The summed E-state index contributed by atoms with van der Waals surface area (Å²) in [6.07, 6.45) is 7.41. The lowest BCUT2D eigenvalue weighted by atomic mass is 10.00. The molecule has 3 heterocycles. The minimum atomic E-state index is 0.301. The minimum absolute atomic E-state index is 0.301. The fraction of sp³-hybridized carbons (Fsp3) is 0.571. The SMILES string of the molecule is CN1[C@@H]2CC[C@H]1C[C@@H](OCc1c(-c3c(Cl)cccc3Cl)noc1C1CC1)C2. The van der Waals surface area contributed by atoms with Crippen LogP contribution in [0.15, 0.2) is 22.7 Å². The van der Waals surface area contributed by atoms with Crippen LogP contribution < -0.4 is 0 Å². The number of nitrogens with zero attached hydrogens (tertiary/aromatic N) is 2. The van der Waals surface area contributed by atoms with Crippen LogP contribution in [0, 0.1) is 0 Å². The summed E-state index contributed by atoms with van der Waals surface area (Å²) in [5.41, 5.74) is 2.51. The van der Waals surface area contributed by atoms with Crippen LogP contribution >= 0.6 is 23.2 Å². The third kappa shape index (κ3) is 3.31. The first-order valence-electron chi connectivity index (χ1n) is 9.88. The van der Waals surface area contributed by atoms with E-state index in [4.69, 9.17) is 32.5 Å². The second kappa shape index (κ2) is 7.07. The Morgan fingerprint density at radius 1 is 1.11 bits per heavy atom. The van der Waals surface area contributed by atoms with Gasteiger partial charge in [0.25, 0.3) is 0 Å². The molecular weight excluding hydrogens is 383 g/mol. The highest BCUT2D eigenvalue weighted by atomic mass is 35.5. The van der Waals surface area contributed by atoms with Gasteiger partial charge in [0.1, 0.15) is 11.5 Å². The summed E-state index contributed by atoms with van der Waals surface area (Å²) >= 11 is 12.9. The molecule has 2 bridgehead atoms. The van der Waals surface area contributed by atoms with Crippen molar-refractivity contribution in [1.29, 1.82) is 0 Å². The Kier molecular flexibility index (Phi) is 4.71. The molecule has 0 amide bonds. The maximum atomic E-state index is 6.44. The average Bonchev–Trinajstić information content (AvgIpc) is 3.38. The van der Waals surface area contributed by atoms with E-state index in [9.17, 15) is 0 Å². The van der Waals surface area contributed by atoms with E-state index in [1.165, 1.54) is 12.8 Å². The van der Waals surface area contributed by atoms with Gasteiger partial charge >= 0.3 is 0 Å². The van der Waals surface area contributed by atoms with E-state index in [2.05, 4.69) is 17.1 Å². The molecule has 1 aliphatic carbocycles. The van der Waals surface area contributed by atoms with Crippen LogP contribution in [0.4, 0.5) is 0 Å². The van der Waals surface area contributed by atoms with Crippen LogP contribution in [0.25, 0.3) is 11.3 Å². The highest BCUT2D eigenvalue weighted by molar-refractivity contribution is 6.39. The number of hydrogen-bond donors (Lipinski definition) is 0. The van der Waals surface area contributed by atoms with Crippen LogP contribution in [0.2, 0.25) is 10.0 Å². The van der Waals surface area contributed by atoms with Crippen molar-refractivity contribution in [3.8, 4) is 11.3 Å². The monoisotopic (exact) mass is 406 g/mol. The largest absolute Gasteiger partial charge is 0.373 e. The molecule has 0 radical (unpaired) electrons. The van der Waals surface area contributed by atoms with Crippen LogP contribution in [0.1, 0.15) is 55.8 Å². The maximum absolute atomic E-state index is 6.44. The molecule has 5 rings (SSSR count). The summed E-state index contributed by atoms with van der Waals surface area (Å²) in [6, 6.07) is 6.86. The number of piperidine rings is 1. The first-order chi connectivity index (χ1) is 13.1. The Balaban J connectivity index is 1.41. The van der Waals surface area contributed by atoms with E-state index in [0.29, 0.717) is 40.8 Å². The minimum Gasteiger partial charge on any atom is -0.373 e. The zero-order valence-corrected chi connectivity index (χ0v) is 17.0. The molecule has 4 nitrogen and oxygen atoms in total. The van der Waals surface area contributed by atoms with Crippen LogP contribution in [-0.4, -0.2) is 35.3 Å². The smallest absolute Gasteiger partial charge is 0.145 e. The van der Waals surface area contributed by atoms with Gasteiger partial charge in [0, 0.05) is 29.1 Å². The Morgan fingerprint density at radius 3 is 2.41 bits per heavy atom. The van der Waals surface area contributed by atoms with Crippen LogP contribution in [0.3, 0.4) is 0 Å². The second-order valence-corrected chi connectivity index (χ2v) is 9.01. The summed E-state index contributed by atoms with van der Waals surface area (Å²) < 4.78 is 12.1. The predicted octanol–water partition coefficient (Wildman–Crippen LogP) is 5.67. The quantitative estimate of drug-likeness (QED) is 0.640. The average molecular weight is 407 g/mol. The number of fused-ring (bicyclic) bond motifs is 2. The molecule has 1 saturated carbocycles. The third-order valence-electron chi connectivity index (χ3n) is 6.48. The summed E-state index contributed by atoms with van der Waals surface area (Å²) in [5, 5.41) is 5.54. The van der Waals surface area contributed by atoms with Crippen molar-refractivity contribution in [2.24, 2.45) is 0 Å². The molecule has 2 saturated heterocycles. The lowest BCUT2D eigenvalue weighted by Gasteiger charge is -2.36. The molecule has 3 atom stereocenters. The van der Waals surface area contributed by atoms with E-state index in [1.807, 2.05) is 18.2 Å². The van der Waals surface area contributed by atoms with E-state index in [-0.39, 0.29) is 0 Å². The molecule has 2 aliphatic heterocycles. The molecule has 2 aromatic rings. The van der Waals surface area contributed by atoms with Crippen LogP contribution in [0.5, 0.6) is 0 Å². The number of hydrogen-bond acceptors (Lipinski definition) is 4. The van der Waals surface area contributed by atoms with Gasteiger partial charge in [0.15, 0.2) is 0 Å². The number of aromatic nitrogens is 1. The molecule has 1 aromatic heterocycles. The van der Waals surface area contributed by atoms with Gasteiger partial charge in [0.05, 0.1) is 22.8 Å². The van der Waals surface area contributed by atoms with E-state index >= 15 is 0 Å². The van der Waals surface area contributed by atoms with E-state index in [1.54, 1.807) is 0 Å². The Morgan fingerprint density at radius 2 is 1.78 bits per heavy atom. The Bertz CT molecular complexity index is 814. The summed E-state index contributed by atoms with van der Waals surface area (Å²) in [7, 11) is 2.25. The van der Waals surface area contributed by atoms with Crippen molar-refractivity contribution in [3.63, 3.8) is 0 Å². The molecule has 6 heteroatoms. The Labute approximate surface area is 169 Å². The van der Waals surface area contributed by atoms with Gasteiger partial charge in [-0.25, -0.2) is 0 Å². The van der Waals surface area contributed by atoms with Crippen molar-refractivity contribution in [2.45, 2.75) is 69.2 Å². The molecule has 0 unspecified atom stereocenters. The van der Waals surface area contributed by atoms with E-state index < -0.39 is 0 Å². The first-order valence-corrected chi connectivity index (χ1v) is 10.6. The van der Waals surface area contributed by atoms with Crippen molar-refractivity contribution in [2.75, 3.05) is 7.05 Å². The highest BCUT2D eigenvalue weighted by Gasteiger charge is 2.39. The second-order valence-electron chi connectivity index (χ2n) is 8.20. The van der Waals surface area contributed by atoms with Gasteiger partial charge in [-0.3, -0.25) is 0 Å². The van der Waals surface area contributed by atoms with Gasteiger partial charge in [-0.05, 0) is 57.7 Å². The predicted molar refractivity (Wildman–Crippen MR) is 106 cm³/mol. The lowest BCUT2D eigenvalue weighted by Crippen LogP contribution is -2.42.